The first kappa shape index (κ1) is 20.4. The Bertz CT molecular complexity index is 886. The van der Waals surface area contributed by atoms with Crippen molar-refractivity contribution in [2.75, 3.05) is 26.2 Å². The molecule has 2 amide bonds. The fraction of sp³-hybridized carbons (Fsp3) is 0.474. The zero-order chi connectivity index (χ0) is 21.0. The predicted molar refractivity (Wildman–Crippen MR) is 102 cm³/mol. The first-order chi connectivity index (χ1) is 13.8. The van der Waals surface area contributed by atoms with Crippen LogP contribution in [0.1, 0.15) is 19.4 Å². The molecule has 1 aliphatic heterocycles. The lowest BCUT2D eigenvalue weighted by Gasteiger charge is -2.35. The highest BCUT2D eigenvalue weighted by Gasteiger charge is 2.28. The van der Waals surface area contributed by atoms with E-state index in [1.807, 2.05) is 31.2 Å². The van der Waals surface area contributed by atoms with Gasteiger partial charge in [0.1, 0.15) is 0 Å². The van der Waals surface area contributed by atoms with E-state index in [-0.39, 0.29) is 18.4 Å². The van der Waals surface area contributed by atoms with Gasteiger partial charge in [0.25, 0.3) is 5.91 Å². The number of rotatable bonds is 5. The van der Waals surface area contributed by atoms with E-state index in [0.717, 1.165) is 15.9 Å². The topological polar surface area (TPSA) is 111 Å². The van der Waals surface area contributed by atoms with E-state index in [0.29, 0.717) is 32.0 Å². The first-order valence-corrected chi connectivity index (χ1v) is 9.42. The van der Waals surface area contributed by atoms with E-state index >= 15 is 0 Å². The van der Waals surface area contributed by atoms with Crippen LogP contribution in [0.2, 0.25) is 0 Å². The van der Waals surface area contributed by atoms with Crippen molar-refractivity contribution < 1.29 is 19.1 Å². The van der Waals surface area contributed by atoms with Crippen molar-refractivity contribution in [3.63, 3.8) is 0 Å². The molecule has 0 N–H and O–H groups in total. The zero-order valence-corrected chi connectivity index (χ0v) is 16.7. The summed E-state index contributed by atoms with van der Waals surface area (Å²) in [6.45, 7) is 6.58. The molecule has 2 heterocycles. The molecule has 2 aromatic rings. The van der Waals surface area contributed by atoms with Crippen molar-refractivity contribution >= 4 is 17.8 Å². The number of esters is 1. The standard InChI is InChI=1S/C19H24N6O4/c1-13-4-6-16(7-5-13)18-20-22-25(21-18)12-17(27)29-14(2)19(28)24-10-8-23(9-11-24)15(3)26/h4-7,14H,8-12H2,1-3H3. The molecule has 1 aliphatic rings. The molecular weight excluding hydrogens is 376 g/mol. The van der Waals surface area contributed by atoms with E-state index in [1.54, 1.807) is 9.80 Å². The molecule has 10 nitrogen and oxygen atoms in total. The molecule has 1 fully saturated rings. The number of piperazine rings is 1. The average Bonchev–Trinajstić information content (AvgIpc) is 3.16. The van der Waals surface area contributed by atoms with Gasteiger partial charge in [-0.3, -0.25) is 9.59 Å². The summed E-state index contributed by atoms with van der Waals surface area (Å²) in [5.41, 5.74) is 1.91. The Kier molecular flexibility index (Phi) is 6.20. The lowest BCUT2D eigenvalue weighted by atomic mass is 10.1. The number of amides is 2. The van der Waals surface area contributed by atoms with Gasteiger partial charge in [-0.2, -0.15) is 4.80 Å². The van der Waals surface area contributed by atoms with Gasteiger partial charge in [-0.1, -0.05) is 29.8 Å². The third kappa shape index (κ3) is 5.15. The largest absolute Gasteiger partial charge is 0.451 e. The Morgan fingerprint density at radius 3 is 2.31 bits per heavy atom. The minimum Gasteiger partial charge on any atom is -0.451 e. The van der Waals surface area contributed by atoms with Crippen LogP contribution in [-0.4, -0.2) is 80.1 Å². The number of nitrogens with zero attached hydrogens (tertiary/aromatic N) is 6. The number of tetrazole rings is 1. The minimum absolute atomic E-state index is 0.0121. The summed E-state index contributed by atoms with van der Waals surface area (Å²) < 4.78 is 5.24. The van der Waals surface area contributed by atoms with Gasteiger partial charge in [-0.25, -0.2) is 4.79 Å². The maximum atomic E-state index is 12.5. The third-order valence-corrected chi connectivity index (χ3v) is 4.73. The van der Waals surface area contributed by atoms with Crippen LogP contribution in [0.3, 0.4) is 0 Å². The Morgan fingerprint density at radius 1 is 1.07 bits per heavy atom. The molecule has 3 rings (SSSR count). The maximum absolute atomic E-state index is 12.5. The summed E-state index contributed by atoms with van der Waals surface area (Å²) in [4.78, 5) is 40.4. The molecule has 0 aliphatic carbocycles. The molecule has 10 heteroatoms. The summed E-state index contributed by atoms with van der Waals surface area (Å²) in [6, 6.07) is 7.63. The highest BCUT2D eigenvalue weighted by Crippen LogP contribution is 2.14. The molecule has 0 bridgehead atoms. The lowest BCUT2D eigenvalue weighted by Crippen LogP contribution is -2.52. The van der Waals surface area contributed by atoms with Gasteiger partial charge in [0.2, 0.25) is 11.7 Å². The second-order valence-electron chi connectivity index (χ2n) is 6.97. The van der Waals surface area contributed by atoms with E-state index in [2.05, 4.69) is 15.4 Å². The second-order valence-corrected chi connectivity index (χ2v) is 6.97. The minimum atomic E-state index is -0.925. The molecule has 0 spiro atoms. The van der Waals surface area contributed by atoms with Crippen LogP contribution in [0, 0.1) is 6.92 Å². The highest BCUT2D eigenvalue weighted by molar-refractivity contribution is 5.83. The predicted octanol–water partition coefficient (Wildman–Crippen LogP) is 0.271. The fourth-order valence-corrected chi connectivity index (χ4v) is 3.03. The van der Waals surface area contributed by atoms with Crippen LogP contribution in [0.5, 0.6) is 0 Å². The van der Waals surface area contributed by atoms with Crippen LogP contribution in [-0.2, 0) is 25.7 Å². The van der Waals surface area contributed by atoms with Crippen LogP contribution < -0.4 is 0 Å². The van der Waals surface area contributed by atoms with Crippen LogP contribution in [0.25, 0.3) is 11.4 Å². The molecule has 29 heavy (non-hydrogen) atoms. The monoisotopic (exact) mass is 400 g/mol. The Morgan fingerprint density at radius 2 is 1.69 bits per heavy atom. The van der Waals surface area contributed by atoms with Gasteiger partial charge in [-0.05, 0) is 19.1 Å². The number of aryl methyl sites for hydroxylation is 1. The number of hydrogen-bond acceptors (Lipinski definition) is 7. The molecule has 1 aromatic heterocycles. The quantitative estimate of drug-likeness (QED) is 0.663. The summed E-state index contributed by atoms with van der Waals surface area (Å²) in [7, 11) is 0. The van der Waals surface area contributed by atoms with Gasteiger partial charge in [0.05, 0.1) is 0 Å². The number of ether oxygens (including phenoxy) is 1. The number of aromatic nitrogens is 4. The van der Waals surface area contributed by atoms with E-state index in [1.165, 1.54) is 13.8 Å². The third-order valence-electron chi connectivity index (χ3n) is 4.73. The molecule has 1 atom stereocenters. The number of hydrogen-bond donors (Lipinski definition) is 0. The summed E-state index contributed by atoms with van der Waals surface area (Å²) in [5.74, 6) is -0.512. The molecule has 154 valence electrons. The number of benzene rings is 1. The van der Waals surface area contributed by atoms with Crippen molar-refractivity contribution in [2.24, 2.45) is 0 Å². The van der Waals surface area contributed by atoms with E-state index in [9.17, 15) is 14.4 Å². The van der Waals surface area contributed by atoms with Crippen LogP contribution >= 0.6 is 0 Å². The zero-order valence-electron chi connectivity index (χ0n) is 16.7. The van der Waals surface area contributed by atoms with E-state index < -0.39 is 12.1 Å². The molecule has 0 radical (unpaired) electrons. The van der Waals surface area contributed by atoms with Crippen molar-refractivity contribution in [3.8, 4) is 11.4 Å². The Labute approximate surface area is 168 Å². The summed E-state index contributed by atoms with van der Waals surface area (Å²) in [6.07, 6.45) is -0.925. The molecule has 1 unspecified atom stereocenters. The summed E-state index contributed by atoms with van der Waals surface area (Å²) in [5, 5.41) is 12.0. The highest BCUT2D eigenvalue weighted by atomic mass is 16.5. The molecule has 1 aromatic carbocycles. The van der Waals surface area contributed by atoms with E-state index in [4.69, 9.17) is 4.74 Å². The number of carbonyl (C=O) groups is 3. The van der Waals surface area contributed by atoms with Gasteiger partial charge < -0.3 is 14.5 Å². The SMILES string of the molecule is CC(=O)N1CCN(C(=O)C(C)OC(=O)Cn2nnc(-c3ccc(C)cc3)n2)CC1. The molecular formula is C19H24N6O4. The maximum Gasteiger partial charge on any atom is 0.330 e. The average molecular weight is 400 g/mol. The van der Waals surface area contributed by atoms with Gasteiger partial charge in [0, 0.05) is 38.7 Å². The lowest BCUT2D eigenvalue weighted by molar-refractivity contribution is -0.161. The van der Waals surface area contributed by atoms with Crippen molar-refractivity contribution in [2.45, 2.75) is 33.4 Å². The Hall–Kier alpha value is -3.30. The van der Waals surface area contributed by atoms with Crippen molar-refractivity contribution in [1.29, 1.82) is 0 Å². The molecule has 1 saturated heterocycles. The smallest absolute Gasteiger partial charge is 0.330 e. The second kappa shape index (κ2) is 8.80. The van der Waals surface area contributed by atoms with Crippen LogP contribution in [0.4, 0.5) is 0 Å². The van der Waals surface area contributed by atoms with Gasteiger partial charge >= 0.3 is 5.97 Å². The Balaban J connectivity index is 1.51. The van der Waals surface area contributed by atoms with Crippen molar-refractivity contribution in [3.05, 3.63) is 29.8 Å². The number of carbonyl (C=O) groups excluding carboxylic acids is 3. The molecule has 0 saturated carbocycles. The van der Waals surface area contributed by atoms with Gasteiger partial charge in [-0.15, -0.1) is 10.2 Å². The first-order valence-electron chi connectivity index (χ1n) is 9.42. The normalized spacial score (nSPS) is 15.1. The fourth-order valence-electron chi connectivity index (χ4n) is 3.03. The summed E-state index contributed by atoms with van der Waals surface area (Å²) >= 11 is 0. The van der Waals surface area contributed by atoms with Gasteiger partial charge in [0.15, 0.2) is 12.6 Å². The van der Waals surface area contributed by atoms with Crippen molar-refractivity contribution in [1.82, 2.24) is 30.0 Å². The van der Waals surface area contributed by atoms with Crippen LogP contribution in [0.15, 0.2) is 24.3 Å².